The summed E-state index contributed by atoms with van der Waals surface area (Å²) in [5.74, 6) is 0. The van der Waals surface area contributed by atoms with Crippen molar-refractivity contribution in [3.05, 3.63) is 0 Å². The van der Waals surface area contributed by atoms with Gasteiger partial charge in [-0.25, -0.2) is 0 Å². The van der Waals surface area contributed by atoms with Crippen LogP contribution < -0.4 is 0 Å². The molecule has 0 aliphatic carbocycles. The highest BCUT2D eigenvalue weighted by Gasteiger charge is 2.36. The minimum atomic E-state index is 0.278. The Morgan fingerprint density at radius 2 is 1.93 bits per heavy atom. The third kappa shape index (κ3) is 2.69. The maximum absolute atomic E-state index is 8.91. The van der Waals surface area contributed by atoms with E-state index in [1.54, 1.807) is 0 Å². The minimum absolute atomic E-state index is 0.278. The van der Waals surface area contributed by atoms with Crippen LogP contribution in [-0.2, 0) is 0 Å². The lowest BCUT2D eigenvalue weighted by atomic mass is 9.96. The molecule has 3 nitrogen and oxygen atoms in total. The molecule has 3 heteroatoms. The molecular weight excluding hydrogens is 176 g/mol. The molecule has 14 heavy (non-hydrogen) atoms. The second-order valence-electron chi connectivity index (χ2n) is 5.08. The number of nitrogens with zero attached hydrogens (tertiary/aromatic N) is 2. The average Bonchev–Trinajstić information content (AvgIpc) is 1.97. The molecule has 0 unspecified atom stereocenters. The molecule has 0 aromatic carbocycles. The Kier molecular flexibility index (Phi) is 3.93. The van der Waals surface area contributed by atoms with Crippen molar-refractivity contribution in [2.45, 2.75) is 39.3 Å². The van der Waals surface area contributed by atoms with Crippen LogP contribution in [0, 0.1) is 0 Å². The van der Waals surface area contributed by atoms with Gasteiger partial charge < -0.3 is 5.11 Å². The Bertz CT molecular complexity index is 171. The highest BCUT2D eigenvalue weighted by Crippen LogP contribution is 2.23. The van der Waals surface area contributed by atoms with Crippen molar-refractivity contribution in [3.63, 3.8) is 0 Å². The maximum Gasteiger partial charge on any atom is 0.0558 e. The van der Waals surface area contributed by atoms with Gasteiger partial charge in [0.15, 0.2) is 0 Å². The zero-order valence-corrected chi connectivity index (χ0v) is 9.95. The predicted molar refractivity (Wildman–Crippen MR) is 59.4 cm³/mol. The van der Waals surface area contributed by atoms with Crippen molar-refractivity contribution in [3.8, 4) is 0 Å². The number of likely N-dealkylation sites (N-methyl/N-ethyl adjacent to an activating group) is 1. The van der Waals surface area contributed by atoms with Gasteiger partial charge in [-0.3, -0.25) is 9.80 Å². The van der Waals surface area contributed by atoms with E-state index in [9.17, 15) is 0 Å². The number of aliphatic hydroxyl groups is 1. The molecule has 1 aliphatic heterocycles. The molecule has 1 aliphatic rings. The number of hydrogen-bond acceptors (Lipinski definition) is 3. The molecule has 0 aromatic heterocycles. The number of likely N-dealkylation sites (tertiary alicyclic amines) is 1. The summed E-state index contributed by atoms with van der Waals surface area (Å²) in [5.41, 5.74) is 0.301. The van der Waals surface area contributed by atoms with E-state index in [-0.39, 0.29) is 6.61 Å². The molecule has 0 spiro atoms. The second-order valence-corrected chi connectivity index (χ2v) is 5.08. The average molecular weight is 200 g/mol. The topological polar surface area (TPSA) is 26.7 Å². The van der Waals surface area contributed by atoms with Crippen LogP contribution in [0.4, 0.5) is 0 Å². The molecule has 84 valence electrons. The van der Waals surface area contributed by atoms with Crippen molar-refractivity contribution in [1.29, 1.82) is 0 Å². The Hall–Kier alpha value is -0.120. The molecule has 0 bridgehead atoms. The van der Waals surface area contributed by atoms with Crippen molar-refractivity contribution in [2.75, 3.05) is 32.8 Å². The molecule has 1 heterocycles. The van der Waals surface area contributed by atoms with Crippen molar-refractivity contribution >= 4 is 0 Å². The molecule has 0 atom stereocenters. The summed E-state index contributed by atoms with van der Waals surface area (Å²) in [6.07, 6.45) is 0. The fraction of sp³-hybridized carbons (Fsp3) is 1.00. The molecule has 0 radical (unpaired) electrons. The van der Waals surface area contributed by atoms with E-state index in [1.807, 2.05) is 0 Å². The van der Waals surface area contributed by atoms with Gasteiger partial charge >= 0.3 is 0 Å². The minimum Gasteiger partial charge on any atom is -0.395 e. The summed E-state index contributed by atoms with van der Waals surface area (Å²) in [5, 5.41) is 8.91. The Morgan fingerprint density at radius 1 is 1.36 bits per heavy atom. The fourth-order valence-corrected chi connectivity index (χ4v) is 1.96. The first kappa shape index (κ1) is 12.0. The van der Waals surface area contributed by atoms with Crippen LogP contribution in [0.25, 0.3) is 0 Å². The highest BCUT2D eigenvalue weighted by molar-refractivity contribution is 4.93. The number of aliphatic hydroxyl groups excluding tert-OH is 1. The van der Waals surface area contributed by atoms with Crippen LogP contribution in [0.1, 0.15) is 27.7 Å². The lowest BCUT2D eigenvalue weighted by Gasteiger charge is -2.51. The predicted octanol–water partition coefficient (Wildman–Crippen LogP) is 0.783. The van der Waals surface area contributed by atoms with Crippen LogP contribution in [0.5, 0.6) is 0 Å². The molecule has 1 saturated heterocycles. The first-order chi connectivity index (χ1) is 6.49. The largest absolute Gasteiger partial charge is 0.395 e. The van der Waals surface area contributed by atoms with E-state index in [0.29, 0.717) is 11.6 Å². The molecule has 0 aromatic rings. The molecule has 0 amide bonds. The van der Waals surface area contributed by atoms with E-state index in [1.165, 1.54) is 0 Å². The first-order valence-electron chi connectivity index (χ1n) is 5.59. The van der Waals surface area contributed by atoms with Gasteiger partial charge in [-0.15, -0.1) is 0 Å². The van der Waals surface area contributed by atoms with Gasteiger partial charge in [0.25, 0.3) is 0 Å². The number of hydrogen-bond donors (Lipinski definition) is 1. The maximum atomic E-state index is 8.91. The van der Waals surface area contributed by atoms with Crippen LogP contribution in [0.3, 0.4) is 0 Å². The molecule has 1 rings (SSSR count). The normalized spacial score (nSPS) is 20.1. The van der Waals surface area contributed by atoms with Crippen LogP contribution >= 0.6 is 0 Å². The van der Waals surface area contributed by atoms with Gasteiger partial charge in [0.05, 0.1) is 6.61 Å². The Balaban J connectivity index is 2.32. The smallest absolute Gasteiger partial charge is 0.0558 e. The van der Waals surface area contributed by atoms with Gasteiger partial charge in [-0.2, -0.15) is 0 Å². The monoisotopic (exact) mass is 200 g/mol. The zero-order valence-electron chi connectivity index (χ0n) is 9.95. The van der Waals surface area contributed by atoms with E-state index < -0.39 is 0 Å². The van der Waals surface area contributed by atoms with Crippen LogP contribution in [0.2, 0.25) is 0 Å². The second kappa shape index (κ2) is 4.60. The fourth-order valence-electron chi connectivity index (χ4n) is 1.96. The SMILES string of the molecule is CCN(CCO)C1CN(C(C)(C)C)C1. The van der Waals surface area contributed by atoms with Crippen LogP contribution in [-0.4, -0.2) is 59.3 Å². The summed E-state index contributed by atoms with van der Waals surface area (Å²) in [4.78, 5) is 4.85. The quantitative estimate of drug-likeness (QED) is 0.726. The molecule has 1 fully saturated rings. The van der Waals surface area contributed by atoms with E-state index >= 15 is 0 Å². The van der Waals surface area contributed by atoms with E-state index in [0.717, 1.165) is 26.2 Å². The third-order valence-corrected chi connectivity index (χ3v) is 3.12. The molecule has 0 saturated carbocycles. The van der Waals surface area contributed by atoms with Gasteiger partial charge in [0.1, 0.15) is 0 Å². The Labute approximate surface area is 87.7 Å². The lowest BCUT2D eigenvalue weighted by molar-refractivity contribution is -0.0246. The van der Waals surface area contributed by atoms with Gasteiger partial charge in [-0.05, 0) is 27.3 Å². The highest BCUT2D eigenvalue weighted by atomic mass is 16.3. The van der Waals surface area contributed by atoms with Gasteiger partial charge in [-0.1, -0.05) is 6.92 Å². The summed E-state index contributed by atoms with van der Waals surface area (Å²) < 4.78 is 0. The number of rotatable bonds is 4. The first-order valence-corrected chi connectivity index (χ1v) is 5.59. The molecule has 1 N–H and O–H groups in total. The van der Waals surface area contributed by atoms with E-state index in [2.05, 4.69) is 37.5 Å². The standard InChI is InChI=1S/C11H24N2O/c1-5-12(6-7-14)10-8-13(9-10)11(2,3)4/h10,14H,5-9H2,1-4H3. The third-order valence-electron chi connectivity index (χ3n) is 3.12. The summed E-state index contributed by atoms with van der Waals surface area (Å²) in [7, 11) is 0. The van der Waals surface area contributed by atoms with Crippen molar-refractivity contribution in [1.82, 2.24) is 9.80 Å². The van der Waals surface area contributed by atoms with Gasteiger partial charge in [0, 0.05) is 31.2 Å². The van der Waals surface area contributed by atoms with E-state index in [4.69, 9.17) is 5.11 Å². The van der Waals surface area contributed by atoms with Gasteiger partial charge in [0.2, 0.25) is 0 Å². The summed E-state index contributed by atoms with van der Waals surface area (Å²) in [6, 6.07) is 0.659. The van der Waals surface area contributed by atoms with Crippen LogP contribution in [0.15, 0.2) is 0 Å². The van der Waals surface area contributed by atoms with Crippen molar-refractivity contribution in [2.24, 2.45) is 0 Å². The molecular formula is C11H24N2O. The summed E-state index contributed by atoms with van der Waals surface area (Å²) in [6.45, 7) is 13.4. The lowest BCUT2D eigenvalue weighted by Crippen LogP contribution is -2.64. The van der Waals surface area contributed by atoms with Crippen molar-refractivity contribution < 1.29 is 5.11 Å². The zero-order chi connectivity index (χ0) is 10.8. The summed E-state index contributed by atoms with van der Waals surface area (Å²) >= 11 is 0. The Morgan fingerprint density at radius 3 is 2.29 bits per heavy atom.